The van der Waals surface area contributed by atoms with Crippen LogP contribution in [-0.2, 0) is 16.6 Å². The maximum atomic E-state index is 13.0. The van der Waals surface area contributed by atoms with Crippen LogP contribution in [0.25, 0.3) is 0 Å². The smallest absolute Gasteiger partial charge is 0.243 e. The van der Waals surface area contributed by atoms with E-state index in [0.717, 1.165) is 19.6 Å². The Bertz CT molecular complexity index is 872. The predicted molar refractivity (Wildman–Crippen MR) is 103 cm³/mol. The Morgan fingerprint density at radius 1 is 0.962 bits per heavy atom. The third-order valence-corrected chi connectivity index (χ3v) is 7.05. The molecule has 0 aromatic heterocycles. The van der Waals surface area contributed by atoms with Crippen LogP contribution in [-0.4, -0.2) is 50.9 Å². The number of nitrogens with zero attached hydrogens (tertiary/aromatic N) is 2. The molecule has 0 bridgehead atoms. The highest BCUT2D eigenvalue weighted by molar-refractivity contribution is 7.89. The quantitative estimate of drug-likeness (QED) is 0.808. The molecule has 1 saturated heterocycles. The molecular weight excluding hydrogens is 348 g/mol. The van der Waals surface area contributed by atoms with Gasteiger partial charge in [-0.3, -0.25) is 4.90 Å². The highest BCUT2D eigenvalue weighted by atomic mass is 32.2. The Balaban J connectivity index is 1.68. The molecule has 0 saturated carbocycles. The summed E-state index contributed by atoms with van der Waals surface area (Å²) in [6.07, 6.45) is 0. The maximum absolute atomic E-state index is 13.0. The summed E-state index contributed by atoms with van der Waals surface area (Å²) in [7, 11) is -1.89. The zero-order valence-electron chi connectivity index (χ0n) is 15.6. The molecule has 2 aromatic rings. The van der Waals surface area contributed by atoms with E-state index in [1.54, 1.807) is 29.6 Å². The van der Waals surface area contributed by atoms with E-state index < -0.39 is 10.0 Å². The maximum Gasteiger partial charge on any atom is 0.243 e. The topological polar surface area (TPSA) is 49.9 Å². The van der Waals surface area contributed by atoms with Crippen LogP contribution >= 0.6 is 0 Å². The lowest BCUT2D eigenvalue weighted by Crippen LogP contribution is -2.48. The summed E-state index contributed by atoms with van der Waals surface area (Å²) in [5.41, 5.74) is 3.29. The zero-order chi connectivity index (χ0) is 18.7. The number of hydrogen-bond donors (Lipinski definition) is 0. The van der Waals surface area contributed by atoms with Crippen LogP contribution in [0.2, 0.25) is 0 Å². The first-order valence-corrected chi connectivity index (χ1v) is 10.3. The van der Waals surface area contributed by atoms with Crippen molar-refractivity contribution in [3.63, 3.8) is 0 Å². The first-order valence-electron chi connectivity index (χ1n) is 8.83. The van der Waals surface area contributed by atoms with E-state index in [1.165, 1.54) is 11.1 Å². The van der Waals surface area contributed by atoms with Gasteiger partial charge in [0, 0.05) is 32.7 Å². The van der Waals surface area contributed by atoms with E-state index in [-0.39, 0.29) is 0 Å². The van der Waals surface area contributed by atoms with Crippen molar-refractivity contribution in [3.8, 4) is 5.75 Å². The van der Waals surface area contributed by atoms with Crippen molar-refractivity contribution in [1.29, 1.82) is 0 Å². The van der Waals surface area contributed by atoms with Gasteiger partial charge in [0.15, 0.2) is 0 Å². The van der Waals surface area contributed by atoms with Crippen LogP contribution in [0.4, 0.5) is 0 Å². The SMILES string of the molecule is COc1ccc(S(=O)(=O)N2CCN(Cc3ccccc3C)CC2)c(C)c1. The predicted octanol–water partition coefficient (Wildman–Crippen LogP) is 2.82. The van der Waals surface area contributed by atoms with Crippen molar-refractivity contribution in [1.82, 2.24) is 9.21 Å². The molecule has 2 aromatic carbocycles. The summed E-state index contributed by atoms with van der Waals surface area (Å²) in [4.78, 5) is 2.68. The van der Waals surface area contributed by atoms with Crippen LogP contribution < -0.4 is 4.74 Å². The Kier molecular flexibility index (Phi) is 5.65. The van der Waals surface area contributed by atoms with Gasteiger partial charge in [-0.2, -0.15) is 4.31 Å². The lowest BCUT2D eigenvalue weighted by molar-refractivity contribution is 0.181. The van der Waals surface area contributed by atoms with Crippen LogP contribution in [0.3, 0.4) is 0 Å². The number of ether oxygens (including phenoxy) is 1. The van der Waals surface area contributed by atoms with Crippen molar-refractivity contribution in [2.45, 2.75) is 25.3 Å². The molecule has 0 amide bonds. The molecule has 0 aliphatic carbocycles. The lowest BCUT2D eigenvalue weighted by atomic mass is 10.1. The van der Waals surface area contributed by atoms with Gasteiger partial charge in [-0.15, -0.1) is 0 Å². The van der Waals surface area contributed by atoms with Gasteiger partial charge in [0.05, 0.1) is 12.0 Å². The minimum Gasteiger partial charge on any atom is -0.497 e. The second-order valence-electron chi connectivity index (χ2n) is 6.74. The molecule has 0 N–H and O–H groups in total. The molecule has 0 radical (unpaired) electrons. The average molecular weight is 375 g/mol. The monoisotopic (exact) mass is 374 g/mol. The van der Waals surface area contributed by atoms with Gasteiger partial charge in [-0.25, -0.2) is 8.42 Å². The molecular formula is C20H26N2O3S. The molecule has 1 aliphatic heterocycles. The van der Waals surface area contributed by atoms with Crippen molar-refractivity contribution in [2.24, 2.45) is 0 Å². The largest absolute Gasteiger partial charge is 0.497 e. The highest BCUT2D eigenvalue weighted by Gasteiger charge is 2.29. The molecule has 0 atom stereocenters. The Morgan fingerprint density at radius 3 is 2.27 bits per heavy atom. The number of methoxy groups -OCH3 is 1. The molecule has 1 aliphatic rings. The van der Waals surface area contributed by atoms with Gasteiger partial charge in [0.1, 0.15) is 5.75 Å². The number of hydrogen-bond acceptors (Lipinski definition) is 4. The molecule has 5 nitrogen and oxygen atoms in total. The average Bonchev–Trinajstić information content (AvgIpc) is 2.63. The number of aryl methyl sites for hydroxylation is 2. The minimum atomic E-state index is -3.47. The number of rotatable bonds is 5. The van der Waals surface area contributed by atoms with Crippen LogP contribution in [0.1, 0.15) is 16.7 Å². The normalized spacial score (nSPS) is 16.6. The van der Waals surface area contributed by atoms with E-state index >= 15 is 0 Å². The van der Waals surface area contributed by atoms with Gasteiger partial charge in [0.2, 0.25) is 10.0 Å². The molecule has 1 heterocycles. The first kappa shape index (κ1) is 18.9. The minimum absolute atomic E-state index is 0.366. The second kappa shape index (κ2) is 7.78. The molecule has 26 heavy (non-hydrogen) atoms. The first-order chi connectivity index (χ1) is 12.4. The van der Waals surface area contributed by atoms with Gasteiger partial charge >= 0.3 is 0 Å². The van der Waals surface area contributed by atoms with Gasteiger partial charge in [-0.05, 0) is 48.7 Å². The molecule has 1 fully saturated rings. The van der Waals surface area contributed by atoms with Crippen molar-refractivity contribution in [2.75, 3.05) is 33.3 Å². The third kappa shape index (κ3) is 3.92. The van der Waals surface area contributed by atoms with Gasteiger partial charge in [0.25, 0.3) is 0 Å². The zero-order valence-corrected chi connectivity index (χ0v) is 16.4. The van der Waals surface area contributed by atoms with Crippen molar-refractivity contribution >= 4 is 10.0 Å². The summed E-state index contributed by atoms with van der Waals surface area (Å²) in [6.45, 7) is 7.29. The van der Waals surface area contributed by atoms with Gasteiger partial charge < -0.3 is 4.74 Å². The lowest BCUT2D eigenvalue weighted by Gasteiger charge is -2.34. The fourth-order valence-corrected chi connectivity index (χ4v) is 4.96. The van der Waals surface area contributed by atoms with Crippen molar-refractivity contribution < 1.29 is 13.2 Å². The number of piperazine rings is 1. The molecule has 6 heteroatoms. The van der Waals surface area contributed by atoms with Crippen LogP contribution in [0, 0.1) is 13.8 Å². The van der Waals surface area contributed by atoms with Crippen LogP contribution in [0.15, 0.2) is 47.4 Å². The fourth-order valence-electron chi connectivity index (χ4n) is 3.33. The van der Waals surface area contributed by atoms with E-state index in [4.69, 9.17) is 4.74 Å². The Morgan fingerprint density at radius 2 is 1.65 bits per heavy atom. The highest BCUT2D eigenvalue weighted by Crippen LogP contribution is 2.25. The van der Waals surface area contributed by atoms with Gasteiger partial charge in [-0.1, -0.05) is 24.3 Å². The molecule has 140 valence electrons. The van der Waals surface area contributed by atoms with Crippen LogP contribution in [0.5, 0.6) is 5.75 Å². The van der Waals surface area contributed by atoms with E-state index in [2.05, 4.69) is 30.0 Å². The molecule has 0 spiro atoms. The van der Waals surface area contributed by atoms with Crippen molar-refractivity contribution in [3.05, 3.63) is 59.2 Å². The summed E-state index contributed by atoms with van der Waals surface area (Å²) in [5, 5.41) is 0. The summed E-state index contributed by atoms with van der Waals surface area (Å²) in [6, 6.07) is 13.5. The Labute approximate surface area is 156 Å². The summed E-state index contributed by atoms with van der Waals surface area (Å²) in [5.74, 6) is 0.671. The fraction of sp³-hybridized carbons (Fsp3) is 0.400. The molecule has 0 unspecified atom stereocenters. The van der Waals surface area contributed by atoms with E-state index in [1.807, 2.05) is 13.0 Å². The summed E-state index contributed by atoms with van der Waals surface area (Å²) < 4.78 is 32.8. The number of benzene rings is 2. The Hall–Kier alpha value is -1.89. The standard InChI is InChI=1S/C20H26N2O3S/c1-16-6-4-5-7-18(16)15-21-10-12-22(13-11-21)26(23,24)20-9-8-19(25-3)14-17(20)2/h4-9,14H,10-13,15H2,1-3H3. The molecule has 3 rings (SSSR count). The second-order valence-corrected chi connectivity index (χ2v) is 8.64. The van der Waals surface area contributed by atoms with E-state index in [9.17, 15) is 8.42 Å². The number of sulfonamides is 1. The summed E-state index contributed by atoms with van der Waals surface area (Å²) >= 11 is 0. The third-order valence-electron chi connectivity index (χ3n) is 4.99. The van der Waals surface area contributed by atoms with E-state index in [0.29, 0.717) is 29.3 Å².